The van der Waals surface area contributed by atoms with Crippen molar-refractivity contribution in [1.82, 2.24) is 0 Å². The van der Waals surface area contributed by atoms with Crippen molar-refractivity contribution in [3.63, 3.8) is 0 Å². The molecule has 0 saturated carbocycles. The molecule has 1 unspecified atom stereocenters. The number of unbranched alkanes of at least 4 members (excludes halogenated alkanes) is 13. The van der Waals surface area contributed by atoms with Gasteiger partial charge in [-0.1, -0.05) is 131 Å². The van der Waals surface area contributed by atoms with Gasteiger partial charge in [0.25, 0.3) is 0 Å². The van der Waals surface area contributed by atoms with E-state index in [1.54, 1.807) is 0 Å². The number of aliphatic carboxylic acids is 2. The van der Waals surface area contributed by atoms with Crippen molar-refractivity contribution in [3.05, 3.63) is 72.9 Å². The molecule has 0 bridgehead atoms. The molecule has 0 aliphatic heterocycles. The molecule has 0 aromatic heterocycles. The van der Waals surface area contributed by atoms with Crippen LogP contribution in [0.5, 0.6) is 0 Å². The average molecular weight is 555 g/mol. The lowest BCUT2D eigenvalue weighted by Crippen LogP contribution is -2.13. The molecule has 2 N–H and O–H groups in total. The Hall–Kier alpha value is -2.62. The number of carboxylic acids is 2. The van der Waals surface area contributed by atoms with Crippen LogP contribution in [0.25, 0.3) is 0 Å². The number of carbonyl (C=O) groups is 2. The number of rotatable bonds is 28. The molecule has 0 amide bonds. The third kappa shape index (κ3) is 29.9. The van der Waals surface area contributed by atoms with Crippen molar-refractivity contribution >= 4 is 11.9 Å². The molecule has 0 saturated heterocycles. The Morgan fingerprint density at radius 2 is 0.875 bits per heavy atom. The quantitative estimate of drug-likeness (QED) is 0.0745. The fourth-order valence-electron chi connectivity index (χ4n) is 4.41. The Bertz CT molecular complexity index is 770. The zero-order chi connectivity index (χ0) is 29.4. The normalized spacial score (nSPS) is 13.3. The molecule has 0 fully saturated rings. The van der Waals surface area contributed by atoms with E-state index >= 15 is 0 Å². The van der Waals surface area contributed by atoms with Gasteiger partial charge in [0.2, 0.25) is 0 Å². The minimum Gasteiger partial charge on any atom is -0.481 e. The van der Waals surface area contributed by atoms with Gasteiger partial charge < -0.3 is 10.2 Å². The summed E-state index contributed by atoms with van der Waals surface area (Å²) in [6.07, 6.45) is 45.8. The van der Waals surface area contributed by atoms with Crippen LogP contribution in [0.3, 0.4) is 0 Å². The van der Waals surface area contributed by atoms with E-state index in [1.165, 1.54) is 19.3 Å². The number of carboxylic acid groups (broad SMARTS) is 2. The second kappa shape index (κ2) is 30.9. The summed E-state index contributed by atoms with van der Waals surface area (Å²) in [5.74, 6) is -1.53. The van der Waals surface area contributed by atoms with E-state index in [4.69, 9.17) is 5.11 Å². The first-order valence-corrected chi connectivity index (χ1v) is 16.0. The van der Waals surface area contributed by atoms with Gasteiger partial charge in [0.05, 0.1) is 5.92 Å². The van der Waals surface area contributed by atoms with Crippen LogP contribution in [0.15, 0.2) is 72.9 Å². The van der Waals surface area contributed by atoms with E-state index in [1.807, 2.05) is 12.2 Å². The van der Waals surface area contributed by atoms with E-state index in [9.17, 15) is 14.7 Å². The fourth-order valence-corrected chi connectivity index (χ4v) is 4.41. The molecule has 0 aliphatic rings. The highest BCUT2D eigenvalue weighted by Crippen LogP contribution is 2.19. The first-order chi connectivity index (χ1) is 19.6. The van der Waals surface area contributed by atoms with Crippen LogP contribution in [0, 0.1) is 5.92 Å². The van der Waals surface area contributed by atoms with E-state index in [0.717, 1.165) is 103 Å². The lowest BCUT2D eigenvalue weighted by atomic mass is 9.94. The van der Waals surface area contributed by atoms with Gasteiger partial charge in [-0.3, -0.25) is 9.59 Å². The second-order valence-electron chi connectivity index (χ2n) is 10.6. The third-order valence-electron chi connectivity index (χ3n) is 6.89. The highest BCUT2D eigenvalue weighted by Gasteiger charge is 2.16. The second-order valence-corrected chi connectivity index (χ2v) is 10.6. The van der Waals surface area contributed by atoms with E-state index in [2.05, 4.69) is 67.7 Å². The lowest BCUT2D eigenvalue weighted by molar-refractivity contribution is -0.142. The van der Waals surface area contributed by atoms with Crippen LogP contribution in [0.2, 0.25) is 0 Å². The Balaban J connectivity index is 3.71. The first-order valence-electron chi connectivity index (χ1n) is 16.0. The van der Waals surface area contributed by atoms with Gasteiger partial charge in [-0.2, -0.15) is 0 Å². The largest absolute Gasteiger partial charge is 0.481 e. The molecular formula is C36H58O4. The van der Waals surface area contributed by atoms with Crippen molar-refractivity contribution in [2.24, 2.45) is 5.92 Å². The third-order valence-corrected chi connectivity index (χ3v) is 6.89. The van der Waals surface area contributed by atoms with Gasteiger partial charge in [-0.05, 0) is 70.6 Å². The van der Waals surface area contributed by atoms with Crippen molar-refractivity contribution < 1.29 is 19.8 Å². The molecule has 0 spiro atoms. The monoisotopic (exact) mass is 554 g/mol. The van der Waals surface area contributed by atoms with E-state index in [0.29, 0.717) is 0 Å². The summed E-state index contributed by atoms with van der Waals surface area (Å²) >= 11 is 0. The summed E-state index contributed by atoms with van der Waals surface area (Å²) < 4.78 is 0. The lowest BCUT2D eigenvalue weighted by Gasteiger charge is -2.11. The summed E-state index contributed by atoms with van der Waals surface area (Å²) in [7, 11) is 0. The highest BCUT2D eigenvalue weighted by molar-refractivity contribution is 5.69. The summed E-state index contributed by atoms with van der Waals surface area (Å²) in [6, 6.07) is 0. The molecular weight excluding hydrogens is 496 g/mol. The van der Waals surface area contributed by atoms with Crippen LogP contribution >= 0.6 is 0 Å². The van der Waals surface area contributed by atoms with Crippen LogP contribution in [-0.4, -0.2) is 22.2 Å². The Labute approximate surface area is 245 Å². The van der Waals surface area contributed by atoms with E-state index < -0.39 is 11.9 Å². The smallest absolute Gasteiger partial charge is 0.306 e. The first kappa shape index (κ1) is 37.4. The number of allylic oxidation sites excluding steroid dienone is 12. The van der Waals surface area contributed by atoms with Crippen LogP contribution in [0.1, 0.15) is 135 Å². The topological polar surface area (TPSA) is 74.6 Å². The molecule has 4 nitrogen and oxygen atoms in total. The molecule has 40 heavy (non-hydrogen) atoms. The molecule has 0 aliphatic carbocycles. The van der Waals surface area contributed by atoms with Crippen molar-refractivity contribution in [2.45, 2.75) is 135 Å². The van der Waals surface area contributed by atoms with Gasteiger partial charge in [0.1, 0.15) is 0 Å². The standard InChI is InChI=1S/C36H58O4/c1-2-3-4-5-6-7-8-9-13-16-19-22-25-28-31-34(36(39)40)32-29-26-23-20-17-14-11-10-12-15-18-21-24-27-30-33-35(37)38/h6-17,34H,2-5,18-33H2,1H3,(H,37,38)(H,39,40). The van der Waals surface area contributed by atoms with Crippen LogP contribution in [0.4, 0.5) is 0 Å². The fraction of sp³-hybridized carbons (Fsp3) is 0.611. The molecule has 0 radical (unpaired) electrons. The highest BCUT2D eigenvalue weighted by atomic mass is 16.4. The zero-order valence-corrected chi connectivity index (χ0v) is 25.4. The van der Waals surface area contributed by atoms with Crippen LogP contribution in [-0.2, 0) is 9.59 Å². The van der Waals surface area contributed by atoms with E-state index in [-0.39, 0.29) is 12.3 Å². The maximum atomic E-state index is 11.6. The van der Waals surface area contributed by atoms with Gasteiger partial charge in [-0.25, -0.2) is 0 Å². The SMILES string of the molecule is CCCCCC=CC=CC=CCCCCCC(CCCCCC=CC=CC=CCCCCCCC(=O)O)C(=O)O. The Kier molecular flexibility index (Phi) is 28.9. The summed E-state index contributed by atoms with van der Waals surface area (Å²) in [5, 5.41) is 18.2. The van der Waals surface area contributed by atoms with Gasteiger partial charge in [0.15, 0.2) is 0 Å². The predicted molar refractivity (Wildman–Crippen MR) is 172 cm³/mol. The van der Waals surface area contributed by atoms with Gasteiger partial charge in [0, 0.05) is 6.42 Å². The maximum Gasteiger partial charge on any atom is 0.306 e. The Morgan fingerprint density at radius 3 is 1.25 bits per heavy atom. The number of hydrogen-bond donors (Lipinski definition) is 2. The van der Waals surface area contributed by atoms with Gasteiger partial charge in [-0.15, -0.1) is 0 Å². The molecule has 4 heteroatoms. The van der Waals surface area contributed by atoms with Crippen molar-refractivity contribution in [3.8, 4) is 0 Å². The molecule has 1 atom stereocenters. The van der Waals surface area contributed by atoms with Crippen molar-refractivity contribution in [1.29, 1.82) is 0 Å². The zero-order valence-electron chi connectivity index (χ0n) is 25.4. The number of hydrogen-bond acceptors (Lipinski definition) is 2. The summed E-state index contributed by atoms with van der Waals surface area (Å²) in [6.45, 7) is 2.23. The molecule has 0 heterocycles. The summed E-state index contributed by atoms with van der Waals surface area (Å²) in [4.78, 5) is 22.1. The predicted octanol–water partition coefficient (Wildman–Crippen LogP) is 10.9. The van der Waals surface area contributed by atoms with Crippen LogP contribution < -0.4 is 0 Å². The maximum absolute atomic E-state index is 11.6. The molecule has 0 rings (SSSR count). The Morgan fingerprint density at radius 1 is 0.500 bits per heavy atom. The molecule has 0 aromatic rings. The molecule has 0 aromatic carbocycles. The minimum absolute atomic E-state index is 0.197. The minimum atomic E-state index is -0.703. The van der Waals surface area contributed by atoms with Crippen molar-refractivity contribution in [2.75, 3.05) is 0 Å². The summed E-state index contributed by atoms with van der Waals surface area (Å²) in [5.41, 5.74) is 0. The molecule has 226 valence electrons. The van der Waals surface area contributed by atoms with Gasteiger partial charge >= 0.3 is 11.9 Å². The average Bonchev–Trinajstić information content (AvgIpc) is 2.93.